The third-order valence-corrected chi connectivity index (χ3v) is 5.41. The molecule has 9 nitrogen and oxygen atoms in total. The van der Waals surface area contributed by atoms with Gasteiger partial charge < -0.3 is 4.90 Å². The molecule has 0 bridgehead atoms. The Morgan fingerprint density at radius 2 is 2.03 bits per heavy atom. The fourth-order valence-electron chi connectivity index (χ4n) is 3.88. The molecule has 9 heteroatoms. The minimum atomic E-state index is -0.189. The number of amides is 1. The molecule has 30 heavy (non-hydrogen) atoms. The number of pyridine rings is 1. The lowest BCUT2D eigenvalue weighted by molar-refractivity contribution is 0.0720. The Kier molecular flexibility index (Phi) is 4.55. The summed E-state index contributed by atoms with van der Waals surface area (Å²) in [4.78, 5) is 31.5. The maximum Gasteiger partial charge on any atom is 0.266 e. The smallest absolute Gasteiger partial charge is 0.266 e. The van der Waals surface area contributed by atoms with Gasteiger partial charge in [0.05, 0.1) is 18.3 Å². The Bertz CT molecular complexity index is 1270. The van der Waals surface area contributed by atoms with Crippen molar-refractivity contribution >= 4 is 16.9 Å². The van der Waals surface area contributed by atoms with Crippen molar-refractivity contribution in [3.8, 4) is 11.3 Å². The maximum absolute atomic E-state index is 13.1. The molecule has 1 atom stereocenters. The average molecular weight is 401 g/mol. The molecule has 1 fully saturated rings. The van der Waals surface area contributed by atoms with E-state index in [0.29, 0.717) is 35.4 Å². The number of fused-ring (bicyclic) bond motifs is 1. The largest absolute Gasteiger partial charge is 0.334 e. The van der Waals surface area contributed by atoms with Crippen LogP contribution in [0.2, 0.25) is 0 Å². The van der Waals surface area contributed by atoms with E-state index in [1.807, 2.05) is 17.0 Å². The molecule has 1 aliphatic rings. The van der Waals surface area contributed by atoms with Crippen LogP contribution in [-0.2, 0) is 6.54 Å². The first kappa shape index (κ1) is 18.2. The molecular formula is C21H19N7O2. The fourth-order valence-corrected chi connectivity index (χ4v) is 3.88. The topological polar surface area (TPSA) is 110 Å². The van der Waals surface area contributed by atoms with Gasteiger partial charge in [-0.05, 0) is 49.2 Å². The van der Waals surface area contributed by atoms with Crippen molar-refractivity contribution in [2.75, 3.05) is 6.54 Å². The summed E-state index contributed by atoms with van der Waals surface area (Å²) in [6, 6.07) is 12.1. The van der Waals surface area contributed by atoms with Crippen LogP contribution in [-0.4, -0.2) is 53.6 Å². The first-order valence-electron chi connectivity index (χ1n) is 9.79. The number of benzene rings is 1. The molecule has 5 rings (SSSR count). The van der Waals surface area contributed by atoms with Gasteiger partial charge in [0.15, 0.2) is 0 Å². The second-order valence-electron chi connectivity index (χ2n) is 7.30. The number of hydrogen-bond donors (Lipinski definition) is 1. The van der Waals surface area contributed by atoms with Crippen LogP contribution < -0.4 is 5.56 Å². The predicted octanol–water partition coefficient (Wildman–Crippen LogP) is 1.88. The maximum atomic E-state index is 13.1. The van der Waals surface area contributed by atoms with Crippen molar-refractivity contribution in [3.63, 3.8) is 0 Å². The molecule has 4 aromatic rings. The number of aromatic amines is 1. The summed E-state index contributed by atoms with van der Waals surface area (Å²) in [5.41, 5.74) is 3.26. The average Bonchev–Trinajstić information content (AvgIpc) is 3.44. The van der Waals surface area contributed by atoms with Crippen LogP contribution in [0.4, 0.5) is 0 Å². The van der Waals surface area contributed by atoms with Gasteiger partial charge in [-0.1, -0.05) is 0 Å². The lowest BCUT2D eigenvalue weighted by Gasteiger charge is -2.25. The molecule has 3 aromatic heterocycles. The van der Waals surface area contributed by atoms with E-state index in [1.54, 1.807) is 36.7 Å². The molecule has 1 unspecified atom stereocenters. The van der Waals surface area contributed by atoms with Gasteiger partial charge in [-0.2, -0.15) is 20.5 Å². The standard InChI is InChI=1S/C21H19N7O2/c29-20-8-7-17(15-3-1-9-22-12-15)25-28(20)13-16-4-2-10-27(16)21(30)14-5-6-18-19(11-14)24-26-23-18/h1,3,5-9,11-12,16H,2,4,10,13H2,(H,23,24,26). The first-order valence-corrected chi connectivity index (χ1v) is 9.79. The summed E-state index contributed by atoms with van der Waals surface area (Å²) < 4.78 is 1.44. The third-order valence-electron chi connectivity index (χ3n) is 5.41. The number of aromatic nitrogens is 6. The Hall–Kier alpha value is -3.88. The minimum absolute atomic E-state index is 0.0705. The molecule has 0 radical (unpaired) electrons. The number of carbonyl (C=O) groups is 1. The van der Waals surface area contributed by atoms with Crippen molar-refractivity contribution in [2.24, 2.45) is 0 Å². The second kappa shape index (κ2) is 7.51. The van der Waals surface area contributed by atoms with Crippen molar-refractivity contribution in [3.05, 3.63) is 70.8 Å². The van der Waals surface area contributed by atoms with Gasteiger partial charge in [-0.3, -0.25) is 14.6 Å². The number of carbonyl (C=O) groups excluding carboxylic acids is 1. The van der Waals surface area contributed by atoms with Gasteiger partial charge in [0.25, 0.3) is 11.5 Å². The highest BCUT2D eigenvalue weighted by Gasteiger charge is 2.30. The molecule has 1 amide bonds. The van der Waals surface area contributed by atoms with Crippen LogP contribution in [0.15, 0.2) is 59.7 Å². The normalized spacial score (nSPS) is 16.3. The molecular weight excluding hydrogens is 382 g/mol. The summed E-state index contributed by atoms with van der Waals surface area (Å²) in [6.07, 6.45) is 5.11. The molecule has 1 saturated heterocycles. The second-order valence-corrected chi connectivity index (χ2v) is 7.30. The predicted molar refractivity (Wildman–Crippen MR) is 110 cm³/mol. The van der Waals surface area contributed by atoms with Crippen LogP contribution in [0.1, 0.15) is 23.2 Å². The molecule has 1 aliphatic heterocycles. The van der Waals surface area contributed by atoms with Gasteiger partial charge in [-0.25, -0.2) is 4.68 Å². The number of rotatable bonds is 4. The quantitative estimate of drug-likeness (QED) is 0.559. The number of hydrogen-bond acceptors (Lipinski definition) is 6. The summed E-state index contributed by atoms with van der Waals surface area (Å²) in [5.74, 6) is -0.0705. The molecule has 1 aromatic carbocycles. The van der Waals surface area contributed by atoms with Crippen molar-refractivity contribution in [1.29, 1.82) is 0 Å². The van der Waals surface area contributed by atoms with E-state index < -0.39 is 0 Å². The third kappa shape index (κ3) is 3.34. The Morgan fingerprint density at radius 3 is 2.90 bits per heavy atom. The highest BCUT2D eigenvalue weighted by Crippen LogP contribution is 2.23. The zero-order chi connectivity index (χ0) is 20.5. The summed E-state index contributed by atoms with van der Waals surface area (Å²) in [7, 11) is 0. The van der Waals surface area contributed by atoms with Gasteiger partial charge in [0, 0.05) is 36.1 Å². The van der Waals surface area contributed by atoms with Gasteiger partial charge in [-0.15, -0.1) is 0 Å². The fraction of sp³-hybridized carbons (Fsp3) is 0.238. The van der Waals surface area contributed by atoms with Crippen LogP contribution >= 0.6 is 0 Å². The van der Waals surface area contributed by atoms with E-state index >= 15 is 0 Å². The summed E-state index contributed by atoms with van der Waals surface area (Å²) >= 11 is 0. The molecule has 1 N–H and O–H groups in total. The number of H-pyrrole nitrogens is 1. The van der Waals surface area contributed by atoms with Gasteiger partial charge >= 0.3 is 0 Å². The van der Waals surface area contributed by atoms with E-state index in [0.717, 1.165) is 18.4 Å². The summed E-state index contributed by atoms with van der Waals surface area (Å²) in [5, 5.41) is 15.2. The van der Waals surface area contributed by atoms with Crippen LogP contribution in [0.25, 0.3) is 22.3 Å². The van der Waals surface area contributed by atoms with E-state index in [4.69, 9.17) is 0 Å². The number of likely N-dealkylation sites (tertiary alicyclic amines) is 1. The van der Waals surface area contributed by atoms with E-state index in [9.17, 15) is 9.59 Å². The molecule has 0 saturated carbocycles. The first-order chi connectivity index (χ1) is 14.7. The zero-order valence-corrected chi connectivity index (χ0v) is 16.1. The Balaban J connectivity index is 1.40. The summed E-state index contributed by atoms with van der Waals surface area (Å²) in [6.45, 7) is 1.00. The number of nitrogens with one attached hydrogen (secondary N) is 1. The molecule has 0 spiro atoms. The highest BCUT2D eigenvalue weighted by molar-refractivity contribution is 5.97. The van der Waals surface area contributed by atoms with Crippen molar-refractivity contribution in [2.45, 2.75) is 25.4 Å². The lowest BCUT2D eigenvalue weighted by atomic mass is 10.1. The molecule has 150 valence electrons. The molecule has 0 aliphatic carbocycles. The van der Waals surface area contributed by atoms with Crippen LogP contribution in [0.3, 0.4) is 0 Å². The van der Waals surface area contributed by atoms with Crippen molar-refractivity contribution < 1.29 is 4.79 Å². The zero-order valence-electron chi connectivity index (χ0n) is 16.1. The SMILES string of the molecule is O=C(c1ccc2n[nH]nc2c1)N1CCCC1Cn1nc(-c2cccnc2)ccc1=O. The Morgan fingerprint density at radius 1 is 1.13 bits per heavy atom. The monoisotopic (exact) mass is 401 g/mol. The molecule has 4 heterocycles. The van der Waals surface area contributed by atoms with Crippen molar-refractivity contribution in [1.82, 2.24) is 35.1 Å². The number of nitrogens with zero attached hydrogens (tertiary/aromatic N) is 6. The van der Waals surface area contributed by atoms with Crippen LogP contribution in [0.5, 0.6) is 0 Å². The van der Waals surface area contributed by atoms with Crippen LogP contribution in [0, 0.1) is 0 Å². The minimum Gasteiger partial charge on any atom is -0.334 e. The Labute approximate surface area is 171 Å². The lowest BCUT2D eigenvalue weighted by Crippen LogP contribution is -2.40. The van der Waals surface area contributed by atoms with Gasteiger partial charge in [0.2, 0.25) is 0 Å². The highest BCUT2D eigenvalue weighted by atomic mass is 16.2. The van der Waals surface area contributed by atoms with E-state index in [2.05, 4.69) is 25.5 Å². The van der Waals surface area contributed by atoms with Gasteiger partial charge in [0.1, 0.15) is 11.0 Å². The van der Waals surface area contributed by atoms with E-state index in [-0.39, 0.29) is 17.5 Å². The van der Waals surface area contributed by atoms with E-state index in [1.165, 1.54) is 10.7 Å².